The average molecular weight is 410 g/mol. The molecule has 3 heteroatoms. The molecule has 0 fully saturated rings. The zero-order chi connectivity index (χ0) is 17.9. The Morgan fingerprint density at radius 3 is 1.96 bits per heavy atom. The third kappa shape index (κ3) is 4.41. The molecule has 1 radical (unpaired) electrons. The van der Waals surface area contributed by atoms with Gasteiger partial charge in [-0.2, -0.15) is 0 Å². The van der Waals surface area contributed by atoms with Gasteiger partial charge in [-0.05, 0) is 39.6 Å². The molecule has 0 saturated heterocycles. The fourth-order valence-electron chi connectivity index (χ4n) is 2.63. The number of para-hydroxylation sites is 1. The molecule has 0 aliphatic rings. The molecule has 3 aromatic carbocycles. The standard InChI is InChI=1S/C22H22BrOSi/c1-22(2,3)17-14-15-21(20(23)16-17)25(19-12-8-5-9-13-19)24-18-10-6-4-7-11-18/h4-16H,1-3H3. The van der Waals surface area contributed by atoms with Crippen LogP contribution in [0.4, 0.5) is 0 Å². The number of rotatable bonds is 4. The SMILES string of the molecule is CC(C)(C)c1ccc([Si](Oc2ccccc2)c2ccccc2)c(Br)c1. The molecule has 0 heterocycles. The summed E-state index contributed by atoms with van der Waals surface area (Å²) in [5, 5.41) is 2.47. The van der Waals surface area contributed by atoms with Crippen LogP contribution in [0.5, 0.6) is 5.75 Å². The van der Waals surface area contributed by atoms with E-state index in [4.69, 9.17) is 4.43 Å². The van der Waals surface area contributed by atoms with Crippen molar-refractivity contribution in [3.05, 3.63) is 88.9 Å². The Balaban J connectivity index is 2.03. The maximum absolute atomic E-state index is 6.46. The summed E-state index contributed by atoms with van der Waals surface area (Å²) in [6.45, 7) is 6.70. The molecular weight excluding hydrogens is 388 g/mol. The van der Waals surface area contributed by atoms with E-state index in [0.717, 1.165) is 10.2 Å². The number of benzene rings is 3. The van der Waals surface area contributed by atoms with Gasteiger partial charge in [0, 0.05) is 4.47 Å². The Bertz CT molecular complexity index is 826. The van der Waals surface area contributed by atoms with E-state index in [-0.39, 0.29) is 5.41 Å². The largest absolute Gasteiger partial charge is 0.533 e. The summed E-state index contributed by atoms with van der Waals surface area (Å²) in [5.74, 6) is 0.909. The Hall–Kier alpha value is -1.84. The van der Waals surface area contributed by atoms with Gasteiger partial charge in [-0.3, -0.25) is 0 Å². The highest BCUT2D eigenvalue weighted by Gasteiger charge is 2.25. The van der Waals surface area contributed by atoms with E-state index in [0.29, 0.717) is 0 Å². The van der Waals surface area contributed by atoms with E-state index < -0.39 is 9.04 Å². The van der Waals surface area contributed by atoms with E-state index in [1.54, 1.807) is 0 Å². The lowest BCUT2D eigenvalue weighted by Crippen LogP contribution is -2.48. The predicted octanol–water partition coefficient (Wildman–Crippen LogP) is 4.93. The summed E-state index contributed by atoms with van der Waals surface area (Å²) < 4.78 is 7.58. The minimum atomic E-state index is -1.39. The maximum atomic E-state index is 6.46. The zero-order valence-corrected chi connectivity index (χ0v) is 17.4. The number of halogens is 1. The normalized spacial score (nSPS) is 11.6. The first-order valence-electron chi connectivity index (χ1n) is 8.41. The van der Waals surface area contributed by atoms with Crippen LogP contribution in [0, 0.1) is 0 Å². The summed E-state index contributed by atoms with van der Waals surface area (Å²) in [6, 6.07) is 27.2. The molecule has 0 aliphatic heterocycles. The molecule has 0 aliphatic carbocycles. The number of hydrogen-bond acceptors (Lipinski definition) is 1. The van der Waals surface area contributed by atoms with Gasteiger partial charge in [0.1, 0.15) is 5.75 Å². The molecule has 0 atom stereocenters. The van der Waals surface area contributed by atoms with E-state index in [1.807, 2.05) is 36.4 Å². The molecule has 0 unspecified atom stereocenters. The van der Waals surface area contributed by atoms with Crippen LogP contribution in [-0.2, 0) is 5.41 Å². The molecule has 0 saturated carbocycles. The second-order valence-electron chi connectivity index (χ2n) is 7.05. The van der Waals surface area contributed by atoms with Crippen molar-refractivity contribution in [1.82, 2.24) is 0 Å². The maximum Gasteiger partial charge on any atom is 0.353 e. The van der Waals surface area contributed by atoms with Gasteiger partial charge in [0.05, 0.1) is 0 Å². The molecule has 0 N–H and O–H groups in total. The highest BCUT2D eigenvalue weighted by Crippen LogP contribution is 2.24. The van der Waals surface area contributed by atoms with Gasteiger partial charge in [-0.15, -0.1) is 0 Å². The monoisotopic (exact) mass is 409 g/mol. The van der Waals surface area contributed by atoms with Crippen molar-refractivity contribution in [2.45, 2.75) is 26.2 Å². The van der Waals surface area contributed by atoms with Crippen LogP contribution in [0.25, 0.3) is 0 Å². The molecule has 0 amide bonds. The minimum Gasteiger partial charge on any atom is -0.533 e. The lowest BCUT2D eigenvalue weighted by Gasteiger charge is -2.23. The molecule has 3 aromatic rings. The van der Waals surface area contributed by atoms with Crippen LogP contribution in [0.3, 0.4) is 0 Å². The van der Waals surface area contributed by atoms with Gasteiger partial charge in [0.25, 0.3) is 0 Å². The van der Waals surface area contributed by atoms with Crippen molar-refractivity contribution in [2.24, 2.45) is 0 Å². The van der Waals surface area contributed by atoms with Crippen LogP contribution < -0.4 is 14.8 Å². The molecular formula is C22H22BrOSi. The van der Waals surface area contributed by atoms with E-state index >= 15 is 0 Å². The fraction of sp³-hybridized carbons (Fsp3) is 0.182. The van der Waals surface area contributed by atoms with E-state index in [9.17, 15) is 0 Å². The average Bonchev–Trinajstić information content (AvgIpc) is 2.61. The van der Waals surface area contributed by atoms with Crippen LogP contribution in [0.2, 0.25) is 0 Å². The second-order valence-corrected chi connectivity index (χ2v) is 9.89. The topological polar surface area (TPSA) is 9.23 Å². The summed E-state index contributed by atoms with van der Waals surface area (Å²) >= 11 is 3.80. The van der Waals surface area contributed by atoms with Gasteiger partial charge >= 0.3 is 9.04 Å². The van der Waals surface area contributed by atoms with Crippen molar-refractivity contribution in [2.75, 3.05) is 0 Å². The molecule has 0 aromatic heterocycles. The third-order valence-corrected chi connectivity index (χ3v) is 7.32. The molecule has 1 nitrogen and oxygen atoms in total. The van der Waals surface area contributed by atoms with Gasteiger partial charge in [0.15, 0.2) is 0 Å². The van der Waals surface area contributed by atoms with Crippen LogP contribution >= 0.6 is 15.9 Å². The molecule has 0 bridgehead atoms. The van der Waals surface area contributed by atoms with Crippen molar-refractivity contribution >= 4 is 35.3 Å². The van der Waals surface area contributed by atoms with Gasteiger partial charge < -0.3 is 4.43 Å². The Morgan fingerprint density at radius 2 is 1.40 bits per heavy atom. The lowest BCUT2D eigenvalue weighted by molar-refractivity contribution is 0.587. The summed E-state index contributed by atoms with van der Waals surface area (Å²) in [5.41, 5.74) is 1.44. The Kier molecular flexibility index (Phi) is 5.45. The van der Waals surface area contributed by atoms with E-state index in [1.165, 1.54) is 15.9 Å². The zero-order valence-electron chi connectivity index (χ0n) is 14.8. The molecule has 25 heavy (non-hydrogen) atoms. The van der Waals surface area contributed by atoms with Crippen molar-refractivity contribution in [3.8, 4) is 5.75 Å². The highest BCUT2D eigenvalue weighted by atomic mass is 79.9. The summed E-state index contributed by atoms with van der Waals surface area (Å²) in [7, 11) is -1.39. The summed E-state index contributed by atoms with van der Waals surface area (Å²) in [6.07, 6.45) is 0. The highest BCUT2D eigenvalue weighted by molar-refractivity contribution is 9.10. The minimum absolute atomic E-state index is 0.126. The van der Waals surface area contributed by atoms with Gasteiger partial charge in [-0.1, -0.05) is 97.4 Å². The van der Waals surface area contributed by atoms with Crippen molar-refractivity contribution in [3.63, 3.8) is 0 Å². The third-order valence-electron chi connectivity index (χ3n) is 4.08. The molecule has 3 rings (SSSR count). The van der Waals surface area contributed by atoms with E-state index in [2.05, 4.69) is 79.2 Å². The van der Waals surface area contributed by atoms with Crippen LogP contribution in [0.1, 0.15) is 26.3 Å². The van der Waals surface area contributed by atoms with Crippen molar-refractivity contribution < 1.29 is 4.43 Å². The molecule has 127 valence electrons. The first-order chi connectivity index (χ1) is 11.9. The predicted molar refractivity (Wildman–Crippen MR) is 111 cm³/mol. The van der Waals surface area contributed by atoms with Gasteiger partial charge in [0.2, 0.25) is 0 Å². The quantitative estimate of drug-likeness (QED) is 0.554. The summed E-state index contributed by atoms with van der Waals surface area (Å²) in [4.78, 5) is 0. The second kappa shape index (κ2) is 7.59. The Morgan fingerprint density at radius 1 is 0.800 bits per heavy atom. The van der Waals surface area contributed by atoms with Crippen LogP contribution in [0.15, 0.2) is 83.3 Å². The fourth-order valence-corrected chi connectivity index (χ4v) is 5.48. The van der Waals surface area contributed by atoms with Crippen molar-refractivity contribution in [1.29, 1.82) is 0 Å². The first kappa shape index (κ1) is 18.0. The van der Waals surface area contributed by atoms with Crippen LogP contribution in [-0.4, -0.2) is 9.04 Å². The first-order valence-corrected chi connectivity index (χ1v) is 10.6. The Labute approximate surface area is 160 Å². The molecule has 0 spiro atoms. The number of hydrogen-bond donors (Lipinski definition) is 0. The lowest BCUT2D eigenvalue weighted by atomic mass is 9.87. The van der Waals surface area contributed by atoms with Gasteiger partial charge in [-0.25, -0.2) is 0 Å². The smallest absolute Gasteiger partial charge is 0.353 e.